The van der Waals surface area contributed by atoms with Gasteiger partial charge in [-0.3, -0.25) is 0 Å². The van der Waals surface area contributed by atoms with Crippen molar-refractivity contribution in [1.29, 1.82) is 0 Å². The Morgan fingerprint density at radius 2 is 2.36 bits per heavy atom. The van der Waals surface area contributed by atoms with E-state index in [1.54, 1.807) is 0 Å². The van der Waals surface area contributed by atoms with Crippen LogP contribution in [0.1, 0.15) is 18.4 Å². The second-order valence-electron chi connectivity index (χ2n) is 3.68. The van der Waals surface area contributed by atoms with Crippen LogP contribution in [0.5, 0.6) is 0 Å². The van der Waals surface area contributed by atoms with Gasteiger partial charge >= 0.3 is 0 Å². The molecule has 2 rings (SSSR count). The molecule has 0 spiro atoms. The summed E-state index contributed by atoms with van der Waals surface area (Å²) in [7, 11) is 0. The molecular weight excluding hydrogens is 242 g/mol. The number of hydrogen-bond donors (Lipinski definition) is 1. The lowest BCUT2D eigenvalue weighted by atomic mass is 10.0. The Hall–Kier alpha value is -0.540. The maximum atomic E-state index is 5.91. The number of halogens is 1. The summed E-state index contributed by atoms with van der Waals surface area (Å²) >= 11 is 3.40. The minimum absolute atomic E-state index is 0.374. The van der Waals surface area contributed by atoms with E-state index in [4.69, 9.17) is 10.5 Å². The van der Waals surface area contributed by atoms with Gasteiger partial charge in [0.25, 0.3) is 0 Å². The highest BCUT2D eigenvalue weighted by Gasteiger charge is 2.16. The van der Waals surface area contributed by atoms with E-state index < -0.39 is 0 Å². The molecule has 14 heavy (non-hydrogen) atoms. The zero-order chi connectivity index (χ0) is 9.97. The van der Waals surface area contributed by atoms with Crippen molar-refractivity contribution < 1.29 is 4.74 Å². The normalized spacial score (nSPS) is 21.4. The zero-order valence-electron chi connectivity index (χ0n) is 8.00. The largest absolute Gasteiger partial charge is 0.398 e. The van der Waals surface area contributed by atoms with E-state index in [2.05, 4.69) is 22.0 Å². The highest BCUT2D eigenvalue weighted by molar-refractivity contribution is 9.10. The minimum atomic E-state index is 0.374. The highest BCUT2D eigenvalue weighted by atomic mass is 79.9. The third-order valence-corrected chi connectivity index (χ3v) is 3.07. The molecule has 0 bridgehead atoms. The van der Waals surface area contributed by atoms with Crippen LogP contribution in [0.15, 0.2) is 22.7 Å². The molecule has 1 aromatic carbocycles. The summed E-state index contributed by atoms with van der Waals surface area (Å²) in [5.74, 6) is 0. The fourth-order valence-electron chi connectivity index (χ4n) is 1.80. The molecule has 0 amide bonds. The van der Waals surface area contributed by atoms with Gasteiger partial charge in [0.05, 0.1) is 6.10 Å². The van der Waals surface area contributed by atoms with Gasteiger partial charge in [0.15, 0.2) is 0 Å². The standard InChI is InChI=1S/C11H14BrNO/c12-9-4-3-8(11(13)7-9)6-10-2-1-5-14-10/h3-4,7,10H,1-2,5-6,13H2. The molecule has 1 saturated heterocycles. The van der Waals surface area contributed by atoms with Crippen LogP contribution >= 0.6 is 15.9 Å². The average Bonchev–Trinajstić information content (AvgIpc) is 2.62. The predicted molar refractivity (Wildman–Crippen MR) is 61.2 cm³/mol. The van der Waals surface area contributed by atoms with Crippen molar-refractivity contribution in [3.63, 3.8) is 0 Å². The fourth-order valence-corrected chi connectivity index (χ4v) is 2.18. The quantitative estimate of drug-likeness (QED) is 0.826. The van der Waals surface area contributed by atoms with Gasteiger partial charge in [0, 0.05) is 23.2 Å². The van der Waals surface area contributed by atoms with Crippen molar-refractivity contribution in [3.8, 4) is 0 Å². The van der Waals surface area contributed by atoms with Gasteiger partial charge in [-0.15, -0.1) is 0 Å². The number of rotatable bonds is 2. The second kappa shape index (κ2) is 4.32. The van der Waals surface area contributed by atoms with E-state index >= 15 is 0 Å². The van der Waals surface area contributed by atoms with Crippen molar-refractivity contribution in [2.45, 2.75) is 25.4 Å². The maximum absolute atomic E-state index is 5.91. The molecule has 1 unspecified atom stereocenters. The fraction of sp³-hybridized carbons (Fsp3) is 0.455. The Balaban J connectivity index is 2.08. The van der Waals surface area contributed by atoms with Crippen LogP contribution in [0, 0.1) is 0 Å². The molecule has 3 heteroatoms. The summed E-state index contributed by atoms with van der Waals surface area (Å²) in [4.78, 5) is 0. The average molecular weight is 256 g/mol. The Morgan fingerprint density at radius 1 is 1.50 bits per heavy atom. The van der Waals surface area contributed by atoms with E-state index in [9.17, 15) is 0 Å². The van der Waals surface area contributed by atoms with Crippen LogP contribution in [0.3, 0.4) is 0 Å². The first-order valence-electron chi connectivity index (χ1n) is 4.91. The molecule has 0 aliphatic carbocycles. The molecule has 76 valence electrons. The van der Waals surface area contributed by atoms with Gasteiger partial charge in [-0.2, -0.15) is 0 Å². The first-order chi connectivity index (χ1) is 6.75. The van der Waals surface area contributed by atoms with Crippen LogP contribution in [-0.2, 0) is 11.2 Å². The molecule has 2 nitrogen and oxygen atoms in total. The van der Waals surface area contributed by atoms with E-state index in [1.165, 1.54) is 12.0 Å². The molecule has 1 aliphatic heterocycles. The number of nitrogen functional groups attached to an aromatic ring is 1. The third kappa shape index (κ3) is 2.28. The summed E-state index contributed by atoms with van der Waals surface area (Å²) in [6.45, 7) is 0.904. The summed E-state index contributed by atoms with van der Waals surface area (Å²) < 4.78 is 6.61. The van der Waals surface area contributed by atoms with Crippen molar-refractivity contribution in [1.82, 2.24) is 0 Å². The molecule has 0 saturated carbocycles. The van der Waals surface area contributed by atoms with E-state index in [0.29, 0.717) is 6.10 Å². The van der Waals surface area contributed by atoms with E-state index in [-0.39, 0.29) is 0 Å². The number of benzene rings is 1. The van der Waals surface area contributed by atoms with Crippen LogP contribution in [0.2, 0.25) is 0 Å². The first-order valence-corrected chi connectivity index (χ1v) is 5.70. The van der Waals surface area contributed by atoms with Gasteiger partial charge in [-0.25, -0.2) is 0 Å². The highest BCUT2D eigenvalue weighted by Crippen LogP contribution is 2.23. The predicted octanol–water partition coefficient (Wildman–Crippen LogP) is 2.75. The number of nitrogens with two attached hydrogens (primary N) is 1. The van der Waals surface area contributed by atoms with Crippen LogP contribution in [0.25, 0.3) is 0 Å². The molecule has 0 aromatic heterocycles. The van der Waals surface area contributed by atoms with Gasteiger partial charge < -0.3 is 10.5 Å². The molecule has 2 N–H and O–H groups in total. The topological polar surface area (TPSA) is 35.2 Å². The molecule has 1 heterocycles. The number of hydrogen-bond acceptors (Lipinski definition) is 2. The minimum Gasteiger partial charge on any atom is -0.398 e. The molecule has 1 aromatic rings. The Bertz CT molecular complexity index is 321. The SMILES string of the molecule is Nc1cc(Br)ccc1CC1CCCO1. The molecule has 1 aliphatic rings. The Labute approximate surface area is 92.6 Å². The molecular formula is C11H14BrNO. The molecule has 0 radical (unpaired) electrons. The lowest BCUT2D eigenvalue weighted by Crippen LogP contribution is -2.10. The number of anilines is 1. The van der Waals surface area contributed by atoms with Crippen molar-refractivity contribution in [3.05, 3.63) is 28.2 Å². The van der Waals surface area contributed by atoms with E-state index in [0.717, 1.165) is 29.6 Å². The van der Waals surface area contributed by atoms with Gasteiger partial charge in [0.2, 0.25) is 0 Å². The van der Waals surface area contributed by atoms with Crippen molar-refractivity contribution in [2.24, 2.45) is 0 Å². The molecule has 1 atom stereocenters. The smallest absolute Gasteiger partial charge is 0.0617 e. The third-order valence-electron chi connectivity index (χ3n) is 2.58. The van der Waals surface area contributed by atoms with Gasteiger partial charge in [0.1, 0.15) is 0 Å². The van der Waals surface area contributed by atoms with Gasteiger partial charge in [-0.1, -0.05) is 22.0 Å². The summed E-state index contributed by atoms with van der Waals surface area (Å²) in [5, 5.41) is 0. The Morgan fingerprint density at radius 3 is 3.00 bits per heavy atom. The monoisotopic (exact) mass is 255 g/mol. The van der Waals surface area contributed by atoms with E-state index in [1.807, 2.05) is 12.1 Å². The first kappa shape index (κ1) is 9.99. The summed E-state index contributed by atoms with van der Waals surface area (Å²) in [6.07, 6.45) is 3.66. The van der Waals surface area contributed by atoms with Crippen LogP contribution < -0.4 is 5.73 Å². The Kier molecular flexibility index (Phi) is 3.08. The van der Waals surface area contributed by atoms with Crippen molar-refractivity contribution in [2.75, 3.05) is 12.3 Å². The zero-order valence-corrected chi connectivity index (χ0v) is 9.59. The number of ether oxygens (including phenoxy) is 1. The molecule has 1 fully saturated rings. The summed E-state index contributed by atoms with van der Waals surface area (Å²) in [6, 6.07) is 6.05. The lowest BCUT2D eigenvalue weighted by molar-refractivity contribution is 0.111. The van der Waals surface area contributed by atoms with Crippen molar-refractivity contribution >= 4 is 21.6 Å². The second-order valence-corrected chi connectivity index (χ2v) is 4.60. The van der Waals surface area contributed by atoms with Gasteiger partial charge in [-0.05, 0) is 30.5 Å². The summed E-state index contributed by atoms with van der Waals surface area (Å²) in [5.41, 5.74) is 7.96. The van der Waals surface area contributed by atoms with Crippen LogP contribution in [-0.4, -0.2) is 12.7 Å². The maximum Gasteiger partial charge on any atom is 0.0617 e. The lowest BCUT2D eigenvalue weighted by Gasteiger charge is -2.11. The van der Waals surface area contributed by atoms with Crippen LogP contribution in [0.4, 0.5) is 5.69 Å².